The normalized spacial score (nSPS) is 33.9. The van der Waals surface area contributed by atoms with Gasteiger partial charge in [-0.1, -0.05) is 6.42 Å². The van der Waals surface area contributed by atoms with Gasteiger partial charge in [-0.15, -0.1) is 0 Å². The Labute approximate surface area is 118 Å². The standard InChI is InChI=1S/C14H22N2O4/c17-11-3-1-4-14(11)5-2-6-16(10-14)12(18)9-15-7-8-20-13(15)19/h11,17H,1-10H2/t11-,14-/m1/s1. The van der Waals surface area contributed by atoms with Crippen LogP contribution in [0.1, 0.15) is 32.1 Å². The number of rotatable bonds is 2. The van der Waals surface area contributed by atoms with Crippen LogP contribution in [0.15, 0.2) is 0 Å². The highest BCUT2D eigenvalue weighted by molar-refractivity contribution is 5.83. The zero-order valence-corrected chi connectivity index (χ0v) is 11.7. The summed E-state index contributed by atoms with van der Waals surface area (Å²) in [6, 6.07) is 0. The zero-order chi connectivity index (χ0) is 14.2. The number of piperidine rings is 1. The average Bonchev–Trinajstić information content (AvgIpc) is 2.98. The van der Waals surface area contributed by atoms with Crippen LogP contribution < -0.4 is 0 Å². The number of ether oxygens (including phenoxy) is 1. The minimum absolute atomic E-state index is 0.0259. The molecule has 0 aromatic heterocycles. The van der Waals surface area contributed by atoms with E-state index in [-0.39, 0.29) is 24.0 Å². The summed E-state index contributed by atoms with van der Waals surface area (Å²) in [7, 11) is 0. The van der Waals surface area contributed by atoms with Gasteiger partial charge in [0.2, 0.25) is 5.91 Å². The second-order valence-electron chi connectivity index (χ2n) is 6.23. The van der Waals surface area contributed by atoms with Crippen molar-refractivity contribution in [1.29, 1.82) is 0 Å². The van der Waals surface area contributed by atoms with E-state index in [2.05, 4.69) is 0 Å². The lowest BCUT2D eigenvalue weighted by atomic mass is 9.76. The first kappa shape index (κ1) is 13.7. The van der Waals surface area contributed by atoms with E-state index in [9.17, 15) is 14.7 Å². The molecule has 112 valence electrons. The summed E-state index contributed by atoms with van der Waals surface area (Å²) in [5.41, 5.74) is -0.0978. The van der Waals surface area contributed by atoms with Gasteiger partial charge in [0.1, 0.15) is 13.2 Å². The van der Waals surface area contributed by atoms with Crippen LogP contribution in [-0.4, -0.2) is 65.8 Å². The SMILES string of the molecule is O=C(CN1CCOC1=O)N1CCC[C@]2(CCC[C@H]2O)C1. The molecular weight excluding hydrogens is 260 g/mol. The molecule has 2 saturated heterocycles. The van der Waals surface area contributed by atoms with Crippen molar-refractivity contribution in [2.24, 2.45) is 5.41 Å². The van der Waals surface area contributed by atoms with E-state index >= 15 is 0 Å². The first-order valence-corrected chi connectivity index (χ1v) is 7.48. The fraction of sp³-hybridized carbons (Fsp3) is 0.857. The minimum atomic E-state index is -0.397. The third-order valence-electron chi connectivity index (χ3n) is 4.99. The second-order valence-corrected chi connectivity index (χ2v) is 6.23. The fourth-order valence-corrected chi connectivity index (χ4v) is 3.80. The predicted octanol–water partition coefficient (Wildman–Crippen LogP) is 0.592. The Hall–Kier alpha value is -1.30. The van der Waals surface area contributed by atoms with Gasteiger partial charge >= 0.3 is 6.09 Å². The Morgan fingerprint density at radius 3 is 2.80 bits per heavy atom. The lowest BCUT2D eigenvalue weighted by molar-refractivity contribution is -0.137. The number of nitrogens with zero attached hydrogens (tertiary/aromatic N) is 2. The Bertz CT molecular complexity index is 414. The summed E-state index contributed by atoms with van der Waals surface area (Å²) in [5, 5.41) is 10.2. The number of cyclic esters (lactones) is 1. The molecule has 6 heteroatoms. The highest BCUT2D eigenvalue weighted by Gasteiger charge is 2.45. The lowest BCUT2D eigenvalue weighted by Gasteiger charge is -2.42. The van der Waals surface area contributed by atoms with Gasteiger partial charge in [0.15, 0.2) is 0 Å². The number of likely N-dealkylation sites (tertiary alicyclic amines) is 1. The van der Waals surface area contributed by atoms with Crippen LogP contribution in [0, 0.1) is 5.41 Å². The molecule has 2 heterocycles. The van der Waals surface area contributed by atoms with Gasteiger partial charge in [-0.2, -0.15) is 0 Å². The quantitative estimate of drug-likeness (QED) is 0.805. The summed E-state index contributed by atoms with van der Waals surface area (Å²) in [4.78, 5) is 27.0. The predicted molar refractivity (Wildman–Crippen MR) is 71.0 cm³/mol. The number of hydrogen-bond donors (Lipinski definition) is 1. The van der Waals surface area contributed by atoms with Gasteiger partial charge in [-0.25, -0.2) is 4.79 Å². The van der Waals surface area contributed by atoms with Gasteiger partial charge in [0, 0.05) is 18.5 Å². The Kier molecular flexibility index (Phi) is 3.58. The van der Waals surface area contributed by atoms with Crippen LogP contribution in [0.5, 0.6) is 0 Å². The maximum Gasteiger partial charge on any atom is 0.410 e. The fourth-order valence-electron chi connectivity index (χ4n) is 3.80. The molecule has 0 aromatic rings. The number of carbonyl (C=O) groups is 2. The molecule has 2 amide bonds. The number of carbonyl (C=O) groups excluding carboxylic acids is 2. The molecule has 6 nitrogen and oxygen atoms in total. The van der Waals surface area contributed by atoms with E-state index in [0.717, 1.165) is 38.6 Å². The molecule has 1 aliphatic carbocycles. The largest absolute Gasteiger partial charge is 0.448 e. The van der Waals surface area contributed by atoms with E-state index in [1.54, 1.807) is 0 Å². The van der Waals surface area contributed by atoms with E-state index in [0.29, 0.717) is 19.7 Å². The molecule has 3 fully saturated rings. The van der Waals surface area contributed by atoms with Crippen LogP contribution in [0.2, 0.25) is 0 Å². The van der Waals surface area contributed by atoms with Crippen molar-refractivity contribution in [3.05, 3.63) is 0 Å². The van der Waals surface area contributed by atoms with Crippen molar-refractivity contribution in [3.63, 3.8) is 0 Å². The van der Waals surface area contributed by atoms with Crippen molar-refractivity contribution >= 4 is 12.0 Å². The monoisotopic (exact) mass is 282 g/mol. The summed E-state index contributed by atoms with van der Waals surface area (Å²) in [6.45, 7) is 2.33. The molecule has 1 saturated carbocycles. The highest BCUT2D eigenvalue weighted by atomic mass is 16.6. The molecule has 1 N–H and O–H groups in total. The van der Waals surface area contributed by atoms with Gasteiger partial charge < -0.3 is 14.7 Å². The first-order chi connectivity index (χ1) is 9.61. The Balaban J connectivity index is 1.62. The van der Waals surface area contributed by atoms with Crippen LogP contribution in [-0.2, 0) is 9.53 Å². The molecule has 0 bridgehead atoms. The van der Waals surface area contributed by atoms with Crippen molar-refractivity contribution in [2.45, 2.75) is 38.2 Å². The second kappa shape index (κ2) is 5.24. The number of aliphatic hydroxyl groups is 1. The van der Waals surface area contributed by atoms with Crippen LogP contribution in [0.4, 0.5) is 4.79 Å². The summed E-state index contributed by atoms with van der Waals surface area (Å²) < 4.78 is 4.84. The van der Waals surface area contributed by atoms with E-state index in [1.807, 2.05) is 4.90 Å². The van der Waals surface area contributed by atoms with Crippen LogP contribution in [0.3, 0.4) is 0 Å². The molecular formula is C14H22N2O4. The minimum Gasteiger partial charge on any atom is -0.448 e. The molecule has 2 atom stereocenters. The van der Waals surface area contributed by atoms with Crippen molar-refractivity contribution in [3.8, 4) is 0 Å². The average molecular weight is 282 g/mol. The highest BCUT2D eigenvalue weighted by Crippen LogP contribution is 2.44. The van der Waals surface area contributed by atoms with Crippen molar-refractivity contribution < 1.29 is 19.4 Å². The van der Waals surface area contributed by atoms with Crippen molar-refractivity contribution in [2.75, 3.05) is 32.8 Å². The van der Waals surface area contributed by atoms with Crippen LogP contribution in [0.25, 0.3) is 0 Å². The molecule has 0 unspecified atom stereocenters. The third kappa shape index (κ3) is 2.37. The molecule has 0 radical (unpaired) electrons. The molecule has 20 heavy (non-hydrogen) atoms. The summed E-state index contributed by atoms with van der Waals surface area (Å²) in [6.07, 6.45) is 4.16. The van der Waals surface area contributed by atoms with E-state index in [1.165, 1.54) is 4.90 Å². The maximum atomic E-state index is 12.3. The number of hydrogen-bond acceptors (Lipinski definition) is 4. The molecule has 3 rings (SSSR count). The Morgan fingerprint density at radius 2 is 2.15 bits per heavy atom. The van der Waals surface area contributed by atoms with E-state index in [4.69, 9.17) is 4.74 Å². The van der Waals surface area contributed by atoms with Gasteiger partial charge in [0.25, 0.3) is 0 Å². The topological polar surface area (TPSA) is 70.1 Å². The van der Waals surface area contributed by atoms with Gasteiger partial charge in [-0.3, -0.25) is 9.69 Å². The number of aliphatic hydroxyl groups excluding tert-OH is 1. The molecule has 2 aliphatic heterocycles. The maximum absolute atomic E-state index is 12.3. The van der Waals surface area contributed by atoms with Crippen LogP contribution >= 0.6 is 0 Å². The number of amides is 2. The summed E-state index contributed by atoms with van der Waals surface area (Å²) in [5.74, 6) is -0.0259. The molecule has 0 aromatic carbocycles. The molecule has 1 spiro atoms. The lowest BCUT2D eigenvalue weighted by Crippen LogP contribution is -2.51. The zero-order valence-electron chi connectivity index (χ0n) is 11.7. The smallest absolute Gasteiger partial charge is 0.410 e. The third-order valence-corrected chi connectivity index (χ3v) is 4.99. The first-order valence-electron chi connectivity index (χ1n) is 7.48. The molecule has 3 aliphatic rings. The van der Waals surface area contributed by atoms with Gasteiger partial charge in [0.05, 0.1) is 12.6 Å². The Morgan fingerprint density at radius 1 is 1.35 bits per heavy atom. The summed E-state index contributed by atoms with van der Waals surface area (Å²) >= 11 is 0. The van der Waals surface area contributed by atoms with Gasteiger partial charge in [-0.05, 0) is 25.7 Å². The van der Waals surface area contributed by atoms with E-state index < -0.39 is 6.09 Å². The van der Waals surface area contributed by atoms with Crippen molar-refractivity contribution in [1.82, 2.24) is 9.80 Å².